The summed E-state index contributed by atoms with van der Waals surface area (Å²) < 4.78 is 15.3. The number of ether oxygens (including phenoxy) is 3. The number of alkyl carbamates (subject to hydrolysis) is 1. The molecule has 0 aromatic heterocycles. The summed E-state index contributed by atoms with van der Waals surface area (Å²) in [5, 5.41) is 7.85. The second-order valence-electron chi connectivity index (χ2n) is 11.8. The average Bonchev–Trinajstić information content (AvgIpc) is 2.84. The van der Waals surface area contributed by atoms with Crippen LogP contribution >= 0.6 is 0 Å². The zero-order valence-corrected chi connectivity index (χ0v) is 24.8. The summed E-state index contributed by atoms with van der Waals surface area (Å²) in [4.78, 5) is 66.2. The summed E-state index contributed by atoms with van der Waals surface area (Å²) in [6.07, 6.45) is 5.01. The monoisotopic (exact) mass is 553 g/mol. The number of allylic oxidation sites excluding steroid dienone is 1. The van der Waals surface area contributed by atoms with Crippen LogP contribution < -0.4 is 16.0 Å². The molecule has 0 aromatic rings. The highest BCUT2D eigenvalue weighted by atomic mass is 16.6. The van der Waals surface area contributed by atoms with Crippen LogP contribution in [0, 0.1) is 17.8 Å². The van der Waals surface area contributed by atoms with Gasteiger partial charge in [0.15, 0.2) is 0 Å². The smallest absolute Gasteiger partial charge is 0.408 e. The van der Waals surface area contributed by atoms with Crippen molar-refractivity contribution in [3.05, 3.63) is 12.2 Å². The van der Waals surface area contributed by atoms with Crippen LogP contribution in [0.5, 0.6) is 0 Å². The van der Waals surface area contributed by atoms with Gasteiger partial charge in [-0.2, -0.15) is 0 Å². The van der Waals surface area contributed by atoms with Gasteiger partial charge in [-0.15, -0.1) is 0 Å². The molecule has 0 heterocycles. The topological polar surface area (TPSA) is 149 Å². The zero-order valence-electron chi connectivity index (χ0n) is 24.8. The van der Waals surface area contributed by atoms with Gasteiger partial charge in [0.1, 0.15) is 17.7 Å². The molecule has 222 valence electrons. The normalized spacial score (nSPS) is 18.4. The number of carbonyl (C=O) groups excluding carboxylic acids is 5. The van der Waals surface area contributed by atoms with Gasteiger partial charge in [-0.3, -0.25) is 9.59 Å². The molecule has 3 amide bonds. The Balaban J connectivity index is 3.54. The number of methoxy groups -OCH3 is 2. The average molecular weight is 554 g/mol. The molecule has 1 aliphatic rings. The van der Waals surface area contributed by atoms with E-state index in [9.17, 15) is 24.0 Å². The minimum atomic E-state index is -2.20. The van der Waals surface area contributed by atoms with E-state index in [0.717, 1.165) is 13.5 Å². The van der Waals surface area contributed by atoms with E-state index >= 15 is 0 Å². The van der Waals surface area contributed by atoms with Gasteiger partial charge in [0, 0.05) is 5.92 Å². The maximum Gasteiger partial charge on any atom is 0.408 e. The van der Waals surface area contributed by atoms with Crippen molar-refractivity contribution in [2.24, 2.45) is 17.8 Å². The van der Waals surface area contributed by atoms with Gasteiger partial charge in [-0.05, 0) is 64.7 Å². The van der Waals surface area contributed by atoms with Crippen molar-refractivity contribution in [3.63, 3.8) is 0 Å². The van der Waals surface area contributed by atoms with E-state index in [2.05, 4.69) is 16.0 Å². The number of amides is 3. The third kappa shape index (κ3) is 10.2. The lowest BCUT2D eigenvalue weighted by molar-refractivity contribution is -0.161. The van der Waals surface area contributed by atoms with E-state index in [4.69, 9.17) is 14.2 Å². The molecule has 0 fully saturated rings. The number of hydrogen-bond acceptors (Lipinski definition) is 8. The van der Waals surface area contributed by atoms with E-state index in [0.29, 0.717) is 12.8 Å². The van der Waals surface area contributed by atoms with Crippen LogP contribution in [-0.2, 0) is 33.4 Å². The first-order chi connectivity index (χ1) is 18.1. The Morgan fingerprint density at radius 1 is 0.897 bits per heavy atom. The minimum absolute atomic E-state index is 0.0135. The molecule has 0 bridgehead atoms. The van der Waals surface area contributed by atoms with Crippen molar-refractivity contribution >= 4 is 29.8 Å². The molecule has 1 aliphatic carbocycles. The van der Waals surface area contributed by atoms with Gasteiger partial charge in [0.25, 0.3) is 5.91 Å². The Kier molecular flexibility index (Phi) is 12.9. The lowest BCUT2D eigenvalue weighted by atomic mass is 9.76. The fourth-order valence-electron chi connectivity index (χ4n) is 4.48. The summed E-state index contributed by atoms with van der Waals surface area (Å²) in [6.45, 7) is 12.6. The number of hydrogen-bond donors (Lipinski definition) is 3. The minimum Gasteiger partial charge on any atom is -0.467 e. The summed E-state index contributed by atoms with van der Waals surface area (Å²) in [7, 11) is 2.33. The predicted octanol–water partition coefficient (Wildman–Crippen LogP) is 3.01. The maximum absolute atomic E-state index is 14.0. The number of esters is 2. The first-order valence-corrected chi connectivity index (χ1v) is 13.5. The van der Waals surface area contributed by atoms with E-state index in [1.54, 1.807) is 26.8 Å². The molecule has 39 heavy (non-hydrogen) atoms. The Morgan fingerprint density at radius 2 is 1.49 bits per heavy atom. The van der Waals surface area contributed by atoms with Crippen LogP contribution in [-0.4, -0.2) is 67.3 Å². The first-order valence-electron chi connectivity index (χ1n) is 13.5. The summed E-state index contributed by atoms with van der Waals surface area (Å²) in [6, 6.07) is -2.17. The first kappa shape index (κ1) is 33.9. The van der Waals surface area contributed by atoms with E-state index in [1.165, 1.54) is 7.11 Å². The predicted molar refractivity (Wildman–Crippen MR) is 145 cm³/mol. The van der Waals surface area contributed by atoms with Gasteiger partial charge >= 0.3 is 18.0 Å². The third-order valence-electron chi connectivity index (χ3n) is 6.21. The molecule has 0 radical (unpaired) electrons. The van der Waals surface area contributed by atoms with Crippen LogP contribution in [0.3, 0.4) is 0 Å². The summed E-state index contributed by atoms with van der Waals surface area (Å²) in [5.41, 5.74) is -3.00. The number of nitrogens with one attached hydrogen (secondary N) is 3. The van der Waals surface area contributed by atoms with Gasteiger partial charge in [-0.1, -0.05) is 39.8 Å². The number of rotatable bonds is 12. The van der Waals surface area contributed by atoms with Crippen molar-refractivity contribution in [1.82, 2.24) is 16.0 Å². The van der Waals surface area contributed by atoms with Crippen molar-refractivity contribution < 1.29 is 38.2 Å². The second-order valence-corrected chi connectivity index (χ2v) is 11.8. The Bertz CT molecular complexity index is 909. The largest absolute Gasteiger partial charge is 0.467 e. The zero-order chi connectivity index (χ0) is 30.0. The van der Waals surface area contributed by atoms with Gasteiger partial charge < -0.3 is 30.2 Å². The summed E-state index contributed by atoms with van der Waals surface area (Å²) in [5.74, 6) is -4.09. The van der Waals surface area contributed by atoms with Crippen molar-refractivity contribution in [2.45, 2.75) is 104 Å². The van der Waals surface area contributed by atoms with Crippen LogP contribution in [0.25, 0.3) is 0 Å². The molecule has 1 rings (SSSR count). The van der Waals surface area contributed by atoms with Crippen LogP contribution in [0.15, 0.2) is 12.2 Å². The highest BCUT2D eigenvalue weighted by molar-refractivity contribution is 6.12. The van der Waals surface area contributed by atoms with E-state index in [-0.39, 0.29) is 24.7 Å². The quantitative estimate of drug-likeness (QED) is 0.145. The van der Waals surface area contributed by atoms with Crippen LogP contribution in [0.4, 0.5) is 4.79 Å². The Labute approximate surface area is 232 Å². The highest BCUT2D eigenvalue weighted by Gasteiger charge is 2.55. The van der Waals surface area contributed by atoms with Crippen LogP contribution in [0.2, 0.25) is 0 Å². The molecule has 3 N–H and O–H groups in total. The standard InChI is InChI=1S/C28H47N3O8/c1-17(2)15-20(30-26(36)39-27(5,6)7)22(32)31-28(25(35)38-9,19-13-11-10-12-14-19)24(34)29-21(16-18(3)4)23(33)37-8/h11,13,17-21H,10,12,14-16H2,1-9H3,(H,29,34)(H,30,36)(H,31,32)/t19?,20-,21-,28?/m0/s1. The molecule has 0 aliphatic heterocycles. The molecular weight excluding hydrogens is 506 g/mol. The Morgan fingerprint density at radius 3 is 1.95 bits per heavy atom. The lowest BCUT2D eigenvalue weighted by Gasteiger charge is -2.39. The highest BCUT2D eigenvalue weighted by Crippen LogP contribution is 2.31. The van der Waals surface area contributed by atoms with Gasteiger partial charge in [0.2, 0.25) is 11.4 Å². The number of carbonyl (C=O) groups is 5. The third-order valence-corrected chi connectivity index (χ3v) is 6.21. The molecule has 11 nitrogen and oxygen atoms in total. The molecule has 4 atom stereocenters. The molecule has 0 saturated heterocycles. The molecule has 0 saturated carbocycles. The van der Waals surface area contributed by atoms with E-state index in [1.807, 2.05) is 33.8 Å². The lowest BCUT2D eigenvalue weighted by Crippen LogP contribution is -2.71. The van der Waals surface area contributed by atoms with Gasteiger partial charge in [-0.25, -0.2) is 14.4 Å². The molecule has 0 spiro atoms. The fraction of sp³-hybridized carbons (Fsp3) is 0.750. The molecule has 11 heteroatoms. The SMILES string of the molecule is COC(=O)[C@H](CC(C)C)NC(=O)C(NC(=O)[C@H](CC(C)C)NC(=O)OC(C)(C)C)(C(=O)OC)C1C=CCCC1. The molecule has 0 aromatic carbocycles. The fourth-order valence-corrected chi connectivity index (χ4v) is 4.48. The maximum atomic E-state index is 14.0. The second kappa shape index (κ2) is 14.9. The van der Waals surface area contributed by atoms with E-state index < -0.39 is 59.0 Å². The summed E-state index contributed by atoms with van der Waals surface area (Å²) >= 11 is 0. The van der Waals surface area contributed by atoms with Gasteiger partial charge in [0.05, 0.1) is 14.2 Å². The van der Waals surface area contributed by atoms with Crippen molar-refractivity contribution in [1.29, 1.82) is 0 Å². The Hall–Kier alpha value is -3.11. The molecule has 2 unspecified atom stereocenters. The van der Waals surface area contributed by atoms with Crippen molar-refractivity contribution in [2.75, 3.05) is 14.2 Å². The van der Waals surface area contributed by atoms with Crippen LogP contribution in [0.1, 0.15) is 80.6 Å². The van der Waals surface area contributed by atoms with Crippen molar-refractivity contribution in [3.8, 4) is 0 Å². The molecular formula is C28H47N3O8.